The van der Waals surface area contributed by atoms with Crippen LogP contribution in [0.3, 0.4) is 0 Å². The number of hydrogen-bond acceptors (Lipinski definition) is 6. The van der Waals surface area contributed by atoms with Gasteiger partial charge in [-0.25, -0.2) is 23.1 Å². The fourth-order valence-electron chi connectivity index (χ4n) is 5.56. The van der Waals surface area contributed by atoms with E-state index in [9.17, 15) is 13.6 Å². The monoisotopic (exact) mass is 576 g/mol. The SMILES string of the molecule is CSc1nc2c3c(c(Cl)c(Br)c(F)c3n1)OCC1CCCC3(CN(C(=O)C4CC4(F)F)C3)CN21. The number of ether oxygens (including phenoxy) is 1. The molecule has 3 aliphatic heterocycles. The zero-order valence-corrected chi connectivity index (χ0v) is 21.4. The van der Waals surface area contributed by atoms with E-state index in [2.05, 4.69) is 25.8 Å². The Morgan fingerprint density at radius 2 is 2.03 bits per heavy atom. The largest absolute Gasteiger partial charge is 0.489 e. The Hall–Kier alpha value is -1.46. The molecule has 1 saturated carbocycles. The Morgan fingerprint density at radius 1 is 1.29 bits per heavy atom. The molecule has 1 aromatic heterocycles. The number of anilines is 1. The average Bonchev–Trinajstić information content (AvgIpc) is 3.50. The summed E-state index contributed by atoms with van der Waals surface area (Å²) in [5.74, 6) is -4.13. The van der Waals surface area contributed by atoms with Crippen LogP contribution in [0, 0.1) is 17.2 Å². The Kier molecular flexibility index (Phi) is 5.25. The fraction of sp³-hybridized carbons (Fsp3) is 0.591. The smallest absolute Gasteiger partial charge is 0.260 e. The zero-order chi connectivity index (χ0) is 24.0. The van der Waals surface area contributed by atoms with Crippen molar-refractivity contribution in [3.63, 3.8) is 0 Å². The molecule has 2 saturated heterocycles. The second-order valence-electron chi connectivity index (χ2n) is 9.73. The van der Waals surface area contributed by atoms with E-state index in [0.29, 0.717) is 48.4 Å². The van der Waals surface area contributed by atoms with Gasteiger partial charge >= 0.3 is 0 Å². The number of alkyl halides is 2. The van der Waals surface area contributed by atoms with E-state index < -0.39 is 23.6 Å². The molecule has 182 valence electrons. The van der Waals surface area contributed by atoms with Gasteiger partial charge in [-0.15, -0.1) is 0 Å². The summed E-state index contributed by atoms with van der Waals surface area (Å²) in [6.07, 6.45) is 4.08. The molecule has 6 nitrogen and oxygen atoms in total. The summed E-state index contributed by atoms with van der Waals surface area (Å²) in [5.41, 5.74) is -0.0888. The number of likely N-dealkylation sites (tertiary alicyclic amines) is 1. The van der Waals surface area contributed by atoms with Gasteiger partial charge in [-0.05, 0) is 35.0 Å². The Labute approximate surface area is 211 Å². The first-order chi connectivity index (χ1) is 16.1. The summed E-state index contributed by atoms with van der Waals surface area (Å²) in [5, 5.41) is 1.01. The van der Waals surface area contributed by atoms with Gasteiger partial charge in [-0.3, -0.25) is 4.79 Å². The van der Waals surface area contributed by atoms with Crippen molar-refractivity contribution in [1.82, 2.24) is 14.9 Å². The number of hydrogen-bond donors (Lipinski definition) is 0. The lowest BCUT2D eigenvalue weighted by molar-refractivity contribution is -0.147. The second-order valence-corrected chi connectivity index (χ2v) is 11.7. The molecule has 0 bridgehead atoms. The maximum atomic E-state index is 15.2. The molecule has 34 heavy (non-hydrogen) atoms. The van der Waals surface area contributed by atoms with Gasteiger partial charge in [0.2, 0.25) is 5.91 Å². The molecule has 1 amide bonds. The van der Waals surface area contributed by atoms with Crippen LogP contribution in [0.5, 0.6) is 5.75 Å². The Morgan fingerprint density at radius 3 is 2.71 bits per heavy atom. The lowest BCUT2D eigenvalue weighted by Crippen LogP contribution is -2.63. The number of aromatic nitrogens is 2. The first-order valence-electron chi connectivity index (χ1n) is 11.1. The van der Waals surface area contributed by atoms with Crippen molar-refractivity contribution in [2.45, 2.75) is 42.8 Å². The van der Waals surface area contributed by atoms with E-state index >= 15 is 4.39 Å². The lowest BCUT2D eigenvalue weighted by atomic mass is 9.75. The van der Waals surface area contributed by atoms with Crippen LogP contribution in [0.2, 0.25) is 5.02 Å². The molecule has 2 aromatic rings. The summed E-state index contributed by atoms with van der Waals surface area (Å²) in [6.45, 7) is 1.80. The molecule has 3 fully saturated rings. The molecule has 1 aliphatic carbocycles. The summed E-state index contributed by atoms with van der Waals surface area (Å²) >= 11 is 11.0. The van der Waals surface area contributed by atoms with Crippen LogP contribution in [0.25, 0.3) is 10.9 Å². The van der Waals surface area contributed by atoms with E-state index in [1.54, 1.807) is 4.90 Å². The molecular weight excluding hydrogens is 557 g/mol. The number of nitrogens with zero attached hydrogens (tertiary/aromatic N) is 4. The van der Waals surface area contributed by atoms with Gasteiger partial charge in [0.15, 0.2) is 16.7 Å². The van der Waals surface area contributed by atoms with Gasteiger partial charge in [0.05, 0.1) is 15.9 Å². The van der Waals surface area contributed by atoms with Gasteiger partial charge in [-0.2, -0.15) is 0 Å². The Balaban J connectivity index is 1.39. The predicted molar refractivity (Wildman–Crippen MR) is 127 cm³/mol. The first-order valence-corrected chi connectivity index (χ1v) is 13.5. The molecule has 6 rings (SSSR count). The minimum Gasteiger partial charge on any atom is -0.489 e. The molecule has 4 aliphatic rings. The number of carbonyl (C=O) groups is 1. The summed E-state index contributed by atoms with van der Waals surface area (Å²) in [4.78, 5) is 25.4. The van der Waals surface area contributed by atoms with Crippen LogP contribution < -0.4 is 9.64 Å². The highest BCUT2D eigenvalue weighted by atomic mass is 79.9. The number of rotatable bonds is 2. The van der Waals surface area contributed by atoms with E-state index in [1.165, 1.54) is 11.8 Å². The zero-order valence-electron chi connectivity index (χ0n) is 18.2. The van der Waals surface area contributed by atoms with Crippen LogP contribution in [0.1, 0.15) is 25.7 Å². The van der Waals surface area contributed by atoms with Crippen molar-refractivity contribution in [2.75, 3.05) is 37.4 Å². The average molecular weight is 578 g/mol. The molecule has 12 heteroatoms. The van der Waals surface area contributed by atoms with E-state index in [1.807, 2.05) is 6.26 Å². The summed E-state index contributed by atoms with van der Waals surface area (Å²) in [7, 11) is 0. The van der Waals surface area contributed by atoms with Crippen LogP contribution in [-0.4, -0.2) is 65.2 Å². The van der Waals surface area contributed by atoms with Crippen molar-refractivity contribution in [1.29, 1.82) is 0 Å². The number of halogens is 5. The van der Waals surface area contributed by atoms with Crippen molar-refractivity contribution in [2.24, 2.45) is 11.3 Å². The van der Waals surface area contributed by atoms with Crippen molar-refractivity contribution < 1.29 is 22.7 Å². The predicted octanol–water partition coefficient (Wildman–Crippen LogP) is 5.14. The lowest BCUT2D eigenvalue weighted by Gasteiger charge is -2.52. The molecular formula is C22H21BrClF3N4O2S. The van der Waals surface area contributed by atoms with Gasteiger partial charge in [0.25, 0.3) is 5.92 Å². The van der Waals surface area contributed by atoms with Crippen LogP contribution in [-0.2, 0) is 4.79 Å². The molecule has 0 radical (unpaired) electrons. The number of thioether (sulfide) groups is 1. The van der Waals surface area contributed by atoms with Crippen LogP contribution >= 0.6 is 39.3 Å². The second kappa shape index (κ2) is 7.77. The molecule has 2 unspecified atom stereocenters. The topological polar surface area (TPSA) is 58.6 Å². The van der Waals surface area contributed by atoms with Gasteiger partial charge in [0, 0.05) is 31.5 Å². The number of carbonyl (C=O) groups excluding carboxylic acids is 1. The molecule has 1 aromatic carbocycles. The minimum absolute atomic E-state index is 0.0185. The highest BCUT2D eigenvalue weighted by molar-refractivity contribution is 9.10. The number of benzene rings is 1. The fourth-order valence-corrected chi connectivity index (χ4v) is 6.52. The number of amides is 1. The van der Waals surface area contributed by atoms with E-state index in [0.717, 1.165) is 19.3 Å². The quantitative estimate of drug-likeness (QED) is 0.280. The van der Waals surface area contributed by atoms with Gasteiger partial charge in [-0.1, -0.05) is 29.8 Å². The molecule has 4 heterocycles. The standard InChI is InChI=1S/C22H21BrClF3N4O2S/c1-34-20-28-16-12-17(14(24)13(23)15(16)25)33-6-10-3-2-4-21(9-31(10)18(12)29-20)7-30(8-21)19(32)11-5-22(11,26)27/h10-11H,2-9H2,1H3. The van der Waals surface area contributed by atoms with Crippen molar-refractivity contribution >= 4 is 61.9 Å². The summed E-state index contributed by atoms with van der Waals surface area (Å²) < 4.78 is 48.3. The van der Waals surface area contributed by atoms with Crippen molar-refractivity contribution in [3.05, 3.63) is 15.3 Å². The molecule has 2 atom stereocenters. The molecule has 1 spiro atoms. The first kappa shape index (κ1) is 23.0. The van der Waals surface area contributed by atoms with E-state index in [-0.39, 0.29) is 32.9 Å². The summed E-state index contributed by atoms with van der Waals surface area (Å²) in [6, 6.07) is -0.0185. The van der Waals surface area contributed by atoms with Crippen molar-refractivity contribution in [3.8, 4) is 5.75 Å². The maximum Gasteiger partial charge on any atom is 0.260 e. The normalized spacial score (nSPS) is 26.4. The third kappa shape index (κ3) is 3.40. The third-order valence-electron chi connectivity index (χ3n) is 7.44. The highest BCUT2D eigenvalue weighted by Crippen LogP contribution is 2.53. The Bertz CT molecular complexity index is 1230. The van der Waals surface area contributed by atoms with Gasteiger partial charge in [0.1, 0.15) is 28.9 Å². The van der Waals surface area contributed by atoms with Crippen LogP contribution in [0.15, 0.2) is 9.63 Å². The molecule has 0 N–H and O–H groups in total. The van der Waals surface area contributed by atoms with Crippen LogP contribution in [0.4, 0.5) is 19.0 Å². The third-order valence-corrected chi connectivity index (χ3v) is 9.32. The van der Waals surface area contributed by atoms with Gasteiger partial charge < -0.3 is 14.5 Å². The highest BCUT2D eigenvalue weighted by Gasteiger charge is 2.64. The maximum absolute atomic E-state index is 15.2. The number of fused-ring (bicyclic) bond motifs is 2. The minimum atomic E-state index is -2.86. The van der Waals surface area contributed by atoms with E-state index in [4.69, 9.17) is 21.3 Å².